The van der Waals surface area contributed by atoms with Gasteiger partial charge in [-0.1, -0.05) is 43.1 Å². The number of alkyl halides is 3. The molecule has 0 aliphatic carbocycles. The largest absolute Gasteiger partial charge is 0.395 e. The van der Waals surface area contributed by atoms with Crippen molar-refractivity contribution in [1.82, 2.24) is 4.90 Å². The number of rotatable bonds is 2. The van der Waals surface area contributed by atoms with Crippen LogP contribution in [0.5, 0.6) is 0 Å². The highest BCUT2D eigenvalue weighted by molar-refractivity contribution is 6.31. The van der Waals surface area contributed by atoms with Crippen molar-refractivity contribution in [2.24, 2.45) is 5.92 Å². The van der Waals surface area contributed by atoms with Crippen LogP contribution in [0.4, 0.5) is 17.6 Å². The van der Waals surface area contributed by atoms with E-state index in [4.69, 9.17) is 33.3 Å². The monoisotopic (exact) mass is 520 g/mol. The Hall–Kier alpha value is -2.14. The lowest BCUT2D eigenvalue weighted by atomic mass is 10.2. The lowest BCUT2D eigenvalue weighted by molar-refractivity contribution is -0.144. The van der Waals surface area contributed by atoms with Gasteiger partial charge < -0.3 is 9.69 Å². The molecule has 3 nitrogen and oxygen atoms in total. The van der Waals surface area contributed by atoms with Crippen LogP contribution < -0.4 is 0 Å². The van der Waals surface area contributed by atoms with Crippen molar-refractivity contribution in [3.63, 3.8) is 0 Å². The van der Waals surface area contributed by atoms with E-state index < -0.39 is 12.6 Å². The standard InChI is InChI=1S/C8H8ClF.C8H6ClN.C6H13N.C3H3F3O/c1-2-6-5-7(10)3-4-8(6)9;1-6-2-3-7(5-10)8(9)4-6;1-6-3-4-7(2)5-6;4-3(5,6)1-2-7/h3-5H,2H2,1H3;2-4H,1H3;6H,3-5H2,1-2H3;2H,1H2. The zero-order chi connectivity index (χ0) is 26.3. The molecule has 188 valence electrons. The number of nitriles is 1. The van der Waals surface area contributed by atoms with Crippen molar-refractivity contribution in [1.29, 1.82) is 5.26 Å². The normalized spacial score (nSPS) is 14.9. The molecule has 9 heteroatoms. The van der Waals surface area contributed by atoms with E-state index in [2.05, 4.69) is 18.9 Å². The number of hydrogen-bond acceptors (Lipinski definition) is 3. The maximum absolute atomic E-state index is 12.5. The highest BCUT2D eigenvalue weighted by Crippen LogP contribution is 2.18. The summed E-state index contributed by atoms with van der Waals surface area (Å²) < 4.78 is 44.9. The molecule has 0 bridgehead atoms. The molecule has 34 heavy (non-hydrogen) atoms. The Bertz CT molecular complexity index is 913. The summed E-state index contributed by atoms with van der Waals surface area (Å²) in [6.45, 7) is 8.80. The lowest BCUT2D eigenvalue weighted by Crippen LogP contribution is -2.12. The number of aryl methyl sites for hydroxylation is 2. The molecule has 2 aromatic rings. The smallest absolute Gasteiger partial charge is 0.306 e. The van der Waals surface area contributed by atoms with Gasteiger partial charge >= 0.3 is 6.18 Å². The first-order valence-corrected chi connectivity index (χ1v) is 11.4. The van der Waals surface area contributed by atoms with Gasteiger partial charge in [-0.2, -0.15) is 18.4 Å². The minimum absolute atomic E-state index is 0.167. The van der Waals surface area contributed by atoms with E-state index in [1.54, 1.807) is 18.2 Å². The van der Waals surface area contributed by atoms with Crippen LogP contribution in [-0.2, 0) is 11.2 Å². The minimum atomic E-state index is -4.32. The van der Waals surface area contributed by atoms with E-state index in [-0.39, 0.29) is 12.1 Å². The molecule has 1 unspecified atom stereocenters. The Morgan fingerprint density at radius 3 is 2.15 bits per heavy atom. The molecule has 0 amide bonds. The fraction of sp³-hybridized carbons (Fsp3) is 0.440. The Morgan fingerprint density at radius 2 is 1.82 bits per heavy atom. The number of likely N-dealkylation sites (tertiary alicyclic amines) is 1. The Labute approximate surface area is 209 Å². The maximum Gasteiger partial charge on any atom is 0.395 e. The fourth-order valence-electron chi connectivity index (χ4n) is 2.77. The Morgan fingerprint density at radius 1 is 1.18 bits per heavy atom. The van der Waals surface area contributed by atoms with E-state index in [0.717, 1.165) is 23.5 Å². The zero-order valence-corrected chi connectivity index (χ0v) is 21.2. The van der Waals surface area contributed by atoms with Gasteiger partial charge in [-0.05, 0) is 80.7 Å². The molecule has 0 radical (unpaired) electrons. The van der Waals surface area contributed by atoms with Crippen LogP contribution in [-0.4, -0.2) is 37.5 Å². The summed E-state index contributed by atoms with van der Waals surface area (Å²) in [4.78, 5) is 11.5. The van der Waals surface area contributed by atoms with Gasteiger partial charge in [0.1, 0.15) is 18.2 Å². The number of benzene rings is 2. The molecule has 0 saturated carbocycles. The van der Waals surface area contributed by atoms with Gasteiger partial charge in [0, 0.05) is 11.6 Å². The third-order valence-electron chi connectivity index (χ3n) is 4.58. The molecule has 1 atom stereocenters. The van der Waals surface area contributed by atoms with Crippen molar-refractivity contribution in [3.8, 4) is 6.07 Å². The first kappa shape index (κ1) is 31.9. The third kappa shape index (κ3) is 14.9. The fourth-order valence-corrected chi connectivity index (χ4v) is 3.30. The highest BCUT2D eigenvalue weighted by Gasteiger charge is 2.25. The number of carbonyl (C=O) groups excluding carboxylic acids is 1. The second kappa shape index (κ2) is 16.5. The Balaban J connectivity index is 0.000000434. The van der Waals surface area contributed by atoms with Crippen LogP contribution in [0.1, 0.15) is 43.4 Å². The molecule has 1 heterocycles. The molecule has 0 spiro atoms. The zero-order valence-electron chi connectivity index (χ0n) is 19.7. The summed E-state index contributed by atoms with van der Waals surface area (Å²) in [5.74, 6) is 0.728. The van der Waals surface area contributed by atoms with Gasteiger partial charge in [0.25, 0.3) is 0 Å². The predicted octanol–water partition coefficient (Wildman–Crippen LogP) is 7.66. The number of hydrogen-bond donors (Lipinski definition) is 0. The molecular weight excluding hydrogens is 491 g/mol. The molecule has 2 aromatic carbocycles. The summed E-state index contributed by atoms with van der Waals surface area (Å²) >= 11 is 11.4. The molecule has 1 fully saturated rings. The molecule has 1 aliphatic heterocycles. The topological polar surface area (TPSA) is 44.1 Å². The summed E-state index contributed by atoms with van der Waals surface area (Å²) in [5, 5.41) is 9.65. The quantitative estimate of drug-likeness (QED) is 0.301. The van der Waals surface area contributed by atoms with Crippen molar-refractivity contribution in [2.45, 2.75) is 46.2 Å². The van der Waals surface area contributed by atoms with E-state index in [1.807, 2.05) is 26.0 Å². The van der Waals surface area contributed by atoms with Crippen LogP contribution in [0.25, 0.3) is 0 Å². The average Bonchev–Trinajstić information content (AvgIpc) is 3.13. The molecule has 1 aliphatic rings. The summed E-state index contributed by atoms with van der Waals surface area (Å²) in [7, 11) is 2.18. The van der Waals surface area contributed by atoms with Gasteiger partial charge in [0.15, 0.2) is 0 Å². The van der Waals surface area contributed by atoms with Gasteiger partial charge in [0.2, 0.25) is 0 Å². The molecular formula is C25H30Cl2F4N2O. The maximum atomic E-state index is 12.5. The van der Waals surface area contributed by atoms with E-state index in [9.17, 15) is 17.6 Å². The summed E-state index contributed by atoms with van der Waals surface area (Å²) in [6.07, 6.45) is -3.65. The van der Waals surface area contributed by atoms with Crippen molar-refractivity contribution in [3.05, 3.63) is 69.0 Å². The van der Waals surface area contributed by atoms with Gasteiger partial charge in [-0.25, -0.2) is 4.39 Å². The number of halogens is 6. The Kier molecular flexibility index (Phi) is 15.4. The molecule has 0 N–H and O–H groups in total. The number of nitrogens with zero attached hydrogens (tertiary/aromatic N) is 2. The number of carbonyl (C=O) groups is 1. The SMILES string of the molecule is CC1CCN(C)C1.CCc1cc(F)ccc1Cl.Cc1ccc(C#N)c(Cl)c1.O=CCC(F)(F)F. The van der Waals surface area contributed by atoms with Gasteiger partial charge in [-0.3, -0.25) is 0 Å². The van der Waals surface area contributed by atoms with Gasteiger partial charge in [-0.15, -0.1) is 0 Å². The summed E-state index contributed by atoms with van der Waals surface area (Å²) in [6, 6.07) is 11.8. The second-order valence-electron chi connectivity index (χ2n) is 7.83. The first-order valence-electron chi connectivity index (χ1n) is 10.6. The molecule has 0 aromatic heterocycles. The van der Waals surface area contributed by atoms with Crippen molar-refractivity contribution < 1.29 is 22.4 Å². The lowest BCUT2D eigenvalue weighted by Gasteiger charge is -2.03. The third-order valence-corrected chi connectivity index (χ3v) is 5.26. The van der Waals surface area contributed by atoms with Crippen LogP contribution in [0, 0.1) is 30.0 Å². The van der Waals surface area contributed by atoms with E-state index >= 15 is 0 Å². The van der Waals surface area contributed by atoms with Gasteiger partial charge in [0.05, 0.1) is 17.0 Å². The highest BCUT2D eigenvalue weighted by atomic mass is 35.5. The van der Waals surface area contributed by atoms with Crippen molar-refractivity contribution in [2.75, 3.05) is 20.1 Å². The van der Waals surface area contributed by atoms with Crippen LogP contribution in [0.3, 0.4) is 0 Å². The average molecular weight is 521 g/mol. The summed E-state index contributed by atoms with van der Waals surface area (Å²) in [5.41, 5.74) is 2.47. The van der Waals surface area contributed by atoms with Crippen LogP contribution in [0.15, 0.2) is 36.4 Å². The molecule has 3 rings (SSSR count). The number of aldehydes is 1. The van der Waals surface area contributed by atoms with Crippen LogP contribution >= 0.6 is 23.2 Å². The van der Waals surface area contributed by atoms with Crippen molar-refractivity contribution >= 4 is 29.5 Å². The van der Waals surface area contributed by atoms with E-state index in [1.165, 1.54) is 31.6 Å². The van der Waals surface area contributed by atoms with Crippen LogP contribution in [0.2, 0.25) is 10.0 Å². The van der Waals surface area contributed by atoms with E-state index in [0.29, 0.717) is 15.6 Å². The predicted molar refractivity (Wildman–Crippen MR) is 130 cm³/mol. The minimum Gasteiger partial charge on any atom is -0.306 e. The second-order valence-corrected chi connectivity index (χ2v) is 8.64. The first-order chi connectivity index (χ1) is 15.8. The molecule has 1 saturated heterocycles.